The lowest BCUT2D eigenvalue weighted by Crippen LogP contribution is -2.21. The zero-order valence-corrected chi connectivity index (χ0v) is 13.6. The Balaban J connectivity index is 1.80. The van der Waals surface area contributed by atoms with E-state index in [2.05, 4.69) is 15.5 Å². The molecule has 1 atom stereocenters. The molecule has 0 fully saturated rings. The molecule has 24 heavy (non-hydrogen) atoms. The largest absolute Gasteiger partial charge is 0.497 e. The van der Waals surface area contributed by atoms with Crippen molar-refractivity contribution in [2.45, 2.75) is 6.04 Å². The molecule has 0 saturated heterocycles. The van der Waals surface area contributed by atoms with Gasteiger partial charge in [-0.15, -0.1) is 0 Å². The lowest BCUT2D eigenvalue weighted by Gasteiger charge is -2.13. The van der Waals surface area contributed by atoms with Crippen molar-refractivity contribution >= 4 is 17.5 Å². The third kappa shape index (κ3) is 2.34. The van der Waals surface area contributed by atoms with Gasteiger partial charge in [-0.1, -0.05) is 23.7 Å². The topological polar surface area (TPSA) is 67.0 Å². The first-order valence-electron chi connectivity index (χ1n) is 7.46. The number of carbonyl (C=O) groups is 1. The number of benzene rings is 2. The minimum absolute atomic E-state index is 0.155. The van der Waals surface area contributed by atoms with E-state index < -0.39 is 0 Å². The van der Waals surface area contributed by atoms with Crippen LogP contribution in [0.5, 0.6) is 5.75 Å². The van der Waals surface area contributed by atoms with Crippen molar-refractivity contribution in [3.63, 3.8) is 0 Å². The number of H-pyrrole nitrogens is 1. The maximum absolute atomic E-state index is 12.2. The zero-order valence-electron chi connectivity index (χ0n) is 12.8. The second-order valence-electron chi connectivity index (χ2n) is 5.55. The van der Waals surface area contributed by atoms with Gasteiger partial charge in [0.1, 0.15) is 11.4 Å². The maximum atomic E-state index is 12.2. The number of hydrogen-bond acceptors (Lipinski definition) is 3. The van der Waals surface area contributed by atoms with E-state index in [0.717, 1.165) is 28.1 Å². The van der Waals surface area contributed by atoms with Gasteiger partial charge in [0.15, 0.2) is 0 Å². The first kappa shape index (κ1) is 14.8. The number of halogens is 1. The van der Waals surface area contributed by atoms with Crippen LogP contribution in [0.1, 0.15) is 27.7 Å². The molecule has 2 heterocycles. The van der Waals surface area contributed by atoms with E-state index in [4.69, 9.17) is 16.3 Å². The van der Waals surface area contributed by atoms with E-state index in [1.807, 2.05) is 48.5 Å². The van der Waals surface area contributed by atoms with Crippen molar-refractivity contribution in [2.75, 3.05) is 7.11 Å². The van der Waals surface area contributed by atoms with Crippen LogP contribution in [0.2, 0.25) is 5.02 Å². The molecule has 0 unspecified atom stereocenters. The molecular formula is C18H14ClN3O2. The summed E-state index contributed by atoms with van der Waals surface area (Å²) in [5.41, 5.74) is 3.99. The predicted molar refractivity (Wildman–Crippen MR) is 91.3 cm³/mol. The summed E-state index contributed by atoms with van der Waals surface area (Å²) in [6.45, 7) is 0. The number of nitrogens with one attached hydrogen (secondary N) is 2. The summed E-state index contributed by atoms with van der Waals surface area (Å²) in [4.78, 5) is 12.2. The molecule has 0 bridgehead atoms. The number of aromatic amines is 1. The van der Waals surface area contributed by atoms with Crippen LogP contribution in [0.4, 0.5) is 0 Å². The Morgan fingerprint density at radius 2 is 1.79 bits per heavy atom. The number of methoxy groups -OCH3 is 1. The van der Waals surface area contributed by atoms with E-state index in [9.17, 15) is 4.79 Å². The van der Waals surface area contributed by atoms with Gasteiger partial charge in [0.05, 0.1) is 18.8 Å². The molecule has 1 amide bonds. The molecule has 2 N–H and O–H groups in total. The van der Waals surface area contributed by atoms with Gasteiger partial charge in [0.2, 0.25) is 0 Å². The number of amides is 1. The summed E-state index contributed by atoms with van der Waals surface area (Å²) in [7, 11) is 1.63. The van der Waals surface area contributed by atoms with Gasteiger partial charge in [0.25, 0.3) is 5.91 Å². The van der Waals surface area contributed by atoms with Crippen molar-refractivity contribution in [1.29, 1.82) is 0 Å². The van der Waals surface area contributed by atoms with Crippen molar-refractivity contribution in [3.05, 3.63) is 70.4 Å². The van der Waals surface area contributed by atoms with Crippen molar-refractivity contribution in [2.24, 2.45) is 0 Å². The number of rotatable bonds is 3. The Bertz CT molecular complexity index is 901. The van der Waals surface area contributed by atoms with Crippen LogP contribution in [0.3, 0.4) is 0 Å². The van der Waals surface area contributed by atoms with Crippen molar-refractivity contribution < 1.29 is 9.53 Å². The maximum Gasteiger partial charge on any atom is 0.270 e. The summed E-state index contributed by atoms with van der Waals surface area (Å²) in [6, 6.07) is 14.8. The average Bonchev–Trinajstić information content (AvgIpc) is 3.18. The Morgan fingerprint density at radius 3 is 2.46 bits per heavy atom. The SMILES string of the molecule is COc1ccc(-c2n[nH]c3c2[C@@H](c2ccc(Cl)cc2)NC3=O)cc1. The second kappa shape index (κ2) is 5.69. The summed E-state index contributed by atoms with van der Waals surface area (Å²) in [5, 5.41) is 10.9. The van der Waals surface area contributed by atoms with Crippen LogP contribution in [0.25, 0.3) is 11.3 Å². The monoisotopic (exact) mass is 339 g/mol. The number of hydrogen-bond donors (Lipinski definition) is 2. The molecule has 0 aliphatic carbocycles. The fourth-order valence-electron chi connectivity index (χ4n) is 2.95. The van der Waals surface area contributed by atoms with Gasteiger partial charge in [-0.2, -0.15) is 5.10 Å². The van der Waals surface area contributed by atoms with E-state index in [1.54, 1.807) is 7.11 Å². The van der Waals surface area contributed by atoms with E-state index >= 15 is 0 Å². The van der Waals surface area contributed by atoms with E-state index in [1.165, 1.54) is 0 Å². The first-order valence-corrected chi connectivity index (χ1v) is 7.84. The third-order valence-corrected chi connectivity index (χ3v) is 4.41. The van der Waals surface area contributed by atoms with E-state index in [-0.39, 0.29) is 11.9 Å². The molecule has 3 aromatic rings. The number of nitrogens with zero attached hydrogens (tertiary/aromatic N) is 1. The first-order chi connectivity index (χ1) is 11.7. The number of ether oxygens (including phenoxy) is 1. The molecule has 0 radical (unpaired) electrons. The number of carbonyl (C=O) groups excluding carboxylic acids is 1. The molecule has 1 aliphatic rings. The van der Waals surface area contributed by atoms with Crippen LogP contribution in [-0.2, 0) is 0 Å². The molecular weight excluding hydrogens is 326 g/mol. The van der Waals surface area contributed by atoms with Gasteiger partial charge in [-0.05, 0) is 42.0 Å². The highest BCUT2D eigenvalue weighted by molar-refractivity contribution is 6.30. The average molecular weight is 340 g/mol. The summed E-state index contributed by atoms with van der Waals surface area (Å²) in [5.74, 6) is 0.617. The van der Waals surface area contributed by atoms with Gasteiger partial charge in [-0.3, -0.25) is 9.89 Å². The smallest absolute Gasteiger partial charge is 0.270 e. The van der Waals surface area contributed by atoms with Gasteiger partial charge >= 0.3 is 0 Å². The minimum Gasteiger partial charge on any atom is -0.497 e. The normalized spacial score (nSPS) is 15.9. The quantitative estimate of drug-likeness (QED) is 0.766. The van der Waals surface area contributed by atoms with Crippen LogP contribution in [0, 0.1) is 0 Å². The molecule has 6 heteroatoms. The Morgan fingerprint density at radius 1 is 1.08 bits per heavy atom. The summed E-state index contributed by atoms with van der Waals surface area (Å²) >= 11 is 5.96. The molecule has 0 saturated carbocycles. The zero-order chi connectivity index (χ0) is 16.7. The summed E-state index contributed by atoms with van der Waals surface area (Å²) < 4.78 is 5.19. The van der Waals surface area contributed by atoms with Gasteiger partial charge in [0, 0.05) is 16.1 Å². The third-order valence-electron chi connectivity index (χ3n) is 4.16. The standard InChI is InChI=1S/C18H14ClN3O2/c1-24-13-8-4-11(5-9-13)16-14-15(10-2-6-12(19)7-3-10)20-18(23)17(14)22-21-16/h2-9,15H,1H3,(H,20,23)(H,21,22)/t15-/m1/s1. The molecule has 2 aromatic carbocycles. The van der Waals surface area contributed by atoms with E-state index in [0.29, 0.717) is 10.7 Å². The second-order valence-corrected chi connectivity index (χ2v) is 5.98. The Hall–Kier alpha value is -2.79. The predicted octanol–water partition coefficient (Wildman–Crippen LogP) is 3.57. The van der Waals surface area contributed by atoms with Crippen LogP contribution >= 0.6 is 11.6 Å². The highest BCUT2D eigenvalue weighted by Crippen LogP contribution is 2.37. The fraction of sp³-hybridized carbons (Fsp3) is 0.111. The molecule has 0 spiro atoms. The molecule has 1 aromatic heterocycles. The van der Waals surface area contributed by atoms with Crippen LogP contribution < -0.4 is 10.1 Å². The van der Waals surface area contributed by atoms with Gasteiger partial charge in [-0.25, -0.2) is 0 Å². The number of aromatic nitrogens is 2. The van der Waals surface area contributed by atoms with Crippen LogP contribution in [0.15, 0.2) is 48.5 Å². The van der Waals surface area contributed by atoms with Gasteiger partial charge < -0.3 is 10.1 Å². The number of fused-ring (bicyclic) bond motifs is 1. The Labute approximate surface area is 143 Å². The van der Waals surface area contributed by atoms with Crippen molar-refractivity contribution in [3.8, 4) is 17.0 Å². The highest BCUT2D eigenvalue weighted by Gasteiger charge is 2.35. The molecule has 5 nitrogen and oxygen atoms in total. The lowest BCUT2D eigenvalue weighted by atomic mass is 9.97. The van der Waals surface area contributed by atoms with Crippen molar-refractivity contribution in [1.82, 2.24) is 15.5 Å². The molecule has 1 aliphatic heterocycles. The summed E-state index contributed by atoms with van der Waals surface area (Å²) in [6.07, 6.45) is 0. The highest BCUT2D eigenvalue weighted by atomic mass is 35.5. The lowest BCUT2D eigenvalue weighted by molar-refractivity contribution is 0.0955. The fourth-order valence-corrected chi connectivity index (χ4v) is 3.08. The molecule has 120 valence electrons. The minimum atomic E-state index is -0.249. The van der Waals surface area contributed by atoms with Crippen LogP contribution in [-0.4, -0.2) is 23.2 Å². The molecule has 4 rings (SSSR count). The Kier molecular flexibility index (Phi) is 3.50.